The third-order valence-electron chi connectivity index (χ3n) is 1.64. The standard InChI is InChI=1S/C10H10O4S/c1-15-10(8(11)12)14-9(13)7-5-3-2-4-6-7/h2-6,10H,1H3,(H,11,12). The molecule has 1 aromatic carbocycles. The fraction of sp³-hybridized carbons (Fsp3) is 0.200. The number of carboxylic acids is 1. The first-order chi connectivity index (χ1) is 7.15. The molecule has 1 aromatic rings. The molecule has 1 atom stereocenters. The van der Waals surface area contributed by atoms with E-state index in [9.17, 15) is 9.59 Å². The summed E-state index contributed by atoms with van der Waals surface area (Å²) in [5, 5.41) is 8.67. The van der Waals surface area contributed by atoms with E-state index in [0.29, 0.717) is 5.56 Å². The van der Waals surface area contributed by atoms with Crippen LogP contribution in [0.15, 0.2) is 30.3 Å². The van der Waals surface area contributed by atoms with Gasteiger partial charge in [0.15, 0.2) is 0 Å². The maximum atomic E-state index is 11.4. The van der Waals surface area contributed by atoms with E-state index >= 15 is 0 Å². The number of carbonyl (C=O) groups is 2. The monoisotopic (exact) mass is 226 g/mol. The van der Waals surface area contributed by atoms with Crippen LogP contribution in [0.5, 0.6) is 0 Å². The van der Waals surface area contributed by atoms with Gasteiger partial charge in [0.2, 0.25) is 5.44 Å². The Kier molecular flexibility index (Phi) is 4.17. The molecule has 0 aliphatic carbocycles. The van der Waals surface area contributed by atoms with Crippen molar-refractivity contribution in [3.8, 4) is 0 Å². The van der Waals surface area contributed by atoms with Crippen LogP contribution in [0.1, 0.15) is 10.4 Å². The van der Waals surface area contributed by atoms with Crippen molar-refractivity contribution in [1.29, 1.82) is 0 Å². The number of benzene rings is 1. The Morgan fingerprint density at radius 3 is 2.40 bits per heavy atom. The molecular weight excluding hydrogens is 216 g/mol. The molecule has 15 heavy (non-hydrogen) atoms. The third-order valence-corrected chi connectivity index (χ3v) is 2.37. The largest absolute Gasteiger partial charge is 0.478 e. The molecule has 0 saturated carbocycles. The fourth-order valence-corrected chi connectivity index (χ4v) is 1.32. The number of carboxylic acid groups (broad SMARTS) is 1. The second kappa shape index (κ2) is 5.41. The summed E-state index contributed by atoms with van der Waals surface area (Å²) in [5.74, 6) is -1.79. The molecule has 0 spiro atoms. The zero-order valence-electron chi connectivity index (χ0n) is 8.04. The van der Waals surface area contributed by atoms with Crippen LogP contribution in [0.3, 0.4) is 0 Å². The van der Waals surface area contributed by atoms with Gasteiger partial charge in [-0.2, -0.15) is 0 Å². The molecule has 0 aliphatic rings. The van der Waals surface area contributed by atoms with Crippen LogP contribution in [0.2, 0.25) is 0 Å². The average molecular weight is 226 g/mol. The predicted octanol–water partition coefficient (Wildman–Crippen LogP) is 1.62. The van der Waals surface area contributed by atoms with Gasteiger partial charge in [-0.3, -0.25) is 0 Å². The van der Waals surface area contributed by atoms with E-state index in [-0.39, 0.29) is 0 Å². The first-order valence-electron chi connectivity index (χ1n) is 4.16. The van der Waals surface area contributed by atoms with Crippen LogP contribution in [0.25, 0.3) is 0 Å². The van der Waals surface area contributed by atoms with Gasteiger partial charge in [-0.05, 0) is 18.4 Å². The quantitative estimate of drug-likeness (QED) is 0.624. The van der Waals surface area contributed by atoms with Gasteiger partial charge in [0.05, 0.1) is 5.56 Å². The van der Waals surface area contributed by atoms with Gasteiger partial charge >= 0.3 is 11.9 Å². The van der Waals surface area contributed by atoms with Gasteiger partial charge < -0.3 is 9.84 Å². The van der Waals surface area contributed by atoms with E-state index in [0.717, 1.165) is 11.8 Å². The number of hydrogen-bond donors (Lipinski definition) is 1. The SMILES string of the molecule is CSC(OC(=O)c1ccccc1)C(=O)O. The number of esters is 1. The maximum Gasteiger partial charge on any atom is 0.355 e. The van der Waals surface area contributed by atoms with Crippen molar-refractivity contribution in [3.05, 3.63) is 35.9 Å². The number of rotatable bonds is 4. The number of ether oxygens (including phenoxy) is 1. The lowest BCUT2D eigenvalue weighted by molar-refractivity contribution is -0.142. The summed E-state index contributed by atoms with van der Waals surface area (Å²) in [5.41, 5.74) is -0.810. The molecule has 1 N–H and O–H groups in total. The Morgan fingerprint density at radius 1 is 1.33 bits per heavy atom. The van der Waals surface area contributed by atoms with E-state index in [1.54, 1.807) is 36.6 Å². The van der Waals surface area contributed by atoms with Gasteiger partial charge in [0.1, 0.15) is 0 Å². The summed E-state index contributed by atoms with van der Waals surface area (Å²) in [6.07, 6.45) is 1.57. The third kappa shape index (κ3) is 3.28. The highest BCUT2D eigenvalue weighted by atomic mass is 32.2. The second-order valence-electron chi connectivity index (χ2n) is 2.68. The molecule has 0 amide bonds. The van der Waals surface area contributed by atoms with Crippen molar-refractivity contribution in [2.45, 2.75) is 5.44 Å². The van der Waals surface area contributed by atoms with E-state index in [1.807, 2.05) is 0 Å². The summed E-state index contributed by atoms with van der Waals surface area (Å²) in [6, 6.07) is 8.28. The highest BCUT2D eigenvalue weighted by Gasteiger charge is 2.21. The molecule has 0 saturated heterocycles. The smallest absolute Gasteiger partial charge is 0.355 e. The minimum atomic E-state index is -1.16. The van der Waals surface area contributed by atoms with Crippen LogP contribution < -0.4 is 0 Å². The number of hydrogen-bond acceptors (Lipinski definition) is 4. The molecule has 0 aliphatic heterocycles. The second-order valence-corrected chi connectivity index (χ2v) is 3.58. The van der Waals surface area contributed by atoms with Crippen molar-refractivity contribution in [1.82, 2.24) is 0 Å². The molecule has 0 aromatic heterocycles. The number of thioether (sulfide) groups is 1. The van der Waals surface area contributed by atoms with Gasteiger partial charge in [0, 0.05) is 0 Å². The number of aliphatic carboxylic acids is 1. The molecular formula is C10H10O4S. The van der Waals surface area contributed by atoms with Gasteiger partial charge in [-0.1, -0.05) is 18.2 Å². The molecule has 0 fully saturated rings. The predicted molar refractivity (Wildman–Crippen MR) is 56.8 cm³/mol. The van der Waals surface area contributed by atoms with E-state index in [1.165, 1.54) is 0 Å². The maximum absolute atomic E-state index is 11.4. The Labute approximate surface area is 91.2 Å². The van der Waals surface area contributed by atoms with Gasteiger partial charge in [-0.15, -0.1) is 11.8 Å². The number of carbonyl (C=O) groups excluding carboxylic acids is 1. The van der Waals surface area contributed by atoms with Crippen molar-refractivity contribution < 1.29 is 19.4 Å². The lowest BCUT2D eigenvalue weighted by atomic mass is 10.2. The highest BCUT2D eigenvalue weighted by Crippen LogP contribution is 2.11. The van der Waals surface area contributed by atoms with Crippen molar-refractivity contribution in [3.63, 3.8) is 0 Å². The minimum Gasteiger partial charge on any atom is -0.478 e. The average Bonchev–Trinajstić information content (AvgIpc) is 2.26. The minimum absolute atomic E-state index is 0.345. The summed E-state index contributed by atoms with van der Waals surface area (Å²) in [7, 11) is 0. The molecule has 1 rings (SSSR count). The summed E-state index contributed by atoms with van der Waals surface area (Å²) < 4.78 is 4.77. The van der Waals surface area contributed by atoms with Crippen LogP contribution in [0.4, 0.5) is 0 Å². The molecule has 0 bridgehead atoms. The molecule has 0 heterocycles. The molecule has 4 nitrogen and oxygen atoms in total. The van der Waals surface area contributed by atoms with E-state index in [4.69, 9.17) is 9.84 Å². The van der Waals surface area contributed by atoms with Crippen LogP contribution in [-0.2, 0) is 9.53 Å². The van der Waals surface area contributed by atoms with Crippen molar-refractivity contribution >= 4 is 23.7 Å². The van der Waals surface area contributed by atoms with Crippen molar-refractivity contribution in [2.24, 2.45) is 0 Å². The zero-order chi connectivity index (χ0) is 11.3. The fourth-order valence-electron chi connectivity index (χ4n) is 0.939. The summed E-state index contributed by atoms with van der Waals surface area (Å²) in [6.45, 7) is 0. The normalized spacial score (nSPS) is 11.8. The van der Waals surface area contributed by atoms with E-state index < -0.39 is 17.4 Å². The van der Waals surface area contributed by atoms with Crippen LogP contribution in [0, 0.1) is 0 Å². The van der Waals surface area contributed by atoms with Gasteiger partial charge in [0.25, 0.3) is 0 Å². The summed E-state index contributed by atoms with van der Waals surface area (Å²) in [4.78, 5) is 22.0. The van der Waals surface area contributed by atoms with Gasteiger partial charge in [-0.25, -0.2) is 9.59 Å². The lowest BCUT2D eigenvalue weighted by Gasteiger charge is -2.10. The molecule has 80 valence electrons. The highest BCUT2D eigenvalue weighted by molar-refractivity contribution is 7.99. The zero-order valence-corrected chi connectivity index (χ0v) is 8.86. The lowest BCUT2D eigenvalue weighted by Crippen LogP contribution is -2.23. The molecule has 0 radical (unpaired) electrons. The van der Waals surface area contributed by atoms with Crippen LogP contribution in [-0.4, -0.2) is 28.7 Å². The molecule has 1 unspecified atom stereocenters. The Hall–Kier alpha value is -1.49. The van der Waals surface area contributed by atoms with E-state index in [2.05, 4.69) is 0 Å². The summed E-state index contributed by atoms with van der Waals surface area (Å²) >= 11 is 0.958. The van der Waals surface area contributed by atoms with Crippen molar-refractivity contribution in [2.75, 3.05) is 6.26 Å². The molecule has 5 heteroatoms. The van der Waals surface area contributed by atoms with Crippen LogP contribution >= 0.6 is 11.8 Å². The Morgan fingerprint density at radius 2 is 1.93 bits per heavy atom. The first kappa shape index (κ1) is 11.6. The first-order valence-corrected chi connectivity index (χ1v) is 5.45. The Bertz CT molecular complexity index is 350. The Balaban J connectivity index is 2.67. The topological polar surface area (TPSA) is 63.6 Å².